The molecule has 0 radical (unpaired) electrons. The predicted octanol–water partition coefficient (Wildman–Crippen LogP) is 4.02. The van der Waals surface area contributed by atoms with Crippen LogP contribution in [0.1, 0.15) is 38.7 Å². The van der Waals surface area contributed by atoms with E-state index in [0.717, 1.165) is 24.5 Å². The average molecular weight is 270 g/mol. The fourth-order valence-corrected chi connectivity index (χ4v) is 1.84. The van der Waals surface area contributed by atoms with Crippen LogP contribution in [-0.4, -0.2) is 19.2 Å². The standard InChI is InChI=1S/C15H24ClNO/c1-3-10-17-11-4-5-13(2)18-12-14-6-8-15(16)9-7-14/h6-9,13,17H,3-5,10-12H2,1-2H3. The summed E-state index contributed by atoms with van der Waals surface area (Å²) in [5, 5.41) is 4.17. The van der Waals surface area contributed by atoms with Crippen molar-refractivity contribution in [3.05, 3.63) is 34.9 Å². The van der Waals surface area contributed by atoms with Gasteiger partial charge in [0.1, 0.15) is 0 Å². The van der Waals surface area contributed by atoms with Gasteiger partial charge >= 0.3 is 0 Å². The monoisotopic (exact) mass is 269 g/mol. The zero-order valence-corrected chi connectivity index (χ0v) is 12.2. The zero-order valence-electron chi connectivity index (χ0n) is 11.4. The first-order valence-corrected chi connectivity index (χ1v) is 7.17. The molecule has 0 aromatic heterocycles. The first-order valence-electron chi connectivity index (χ1n) is 6.79. The van der Waals surface area contributed by atoms with Gasteiger partial charge in [0.15, 0.2) is 0 Å². The van der Waals surface area contributed by atoms with Crippen LogP contribution in [0, 0.1) is 0 Å². The van der Waals surface area contributed by atoms with E-state index in [0.29, 0.717) is 12.7 Å². The van der Waals surface area contributed by atoms with E-state index in [1.54, 1.807) is 0 Å². The van der Waals surface area contributed by atoms with E-state index in [9.17, 15) is 0 Å². The number of nitrogens with one attached hydrogen (secondary N) is 1. The van der Waals surface area contributed by atoms with Gasteiger partial charge in [-0.15, -0.1) is 0 Å². The Morgan fingerprint density at radius 1 is 1.22 bits per heavy atom. The zero-order chi connectivity index (χ0) is 13.2. The maximum absolute atomic E-state index is 5.84. The van der Waals surface area contributed by atoms with Crippen LogP contribution < -0.4 is 5.32 Å². The van der Waals surface area contributed by atoms with Crippen molar-refractivity contribution in [1.82, 2.24) is 5.32 Å². The molecule has 1 aromatic rings. The van der Waals surface area contributed by atoms with Crippen molar-refractivity contribution in [3.63, 3.8) is 0 Å². The van der Waals surface area contributed by atoms with E-state index in [1.807, 2.05) is 24.3 Å². The van der Waals surface area contributed by atoms with Crippen molar-refractivity contribution in [1.29, 1.82) is 0 Å². The van der Waals surface area contributed by atoms with Crippen LogP contribution in [0.5, 0.6) is 0 Å². The van der Waals surface area contributed by atoms with Crippen LogP contribution in [-0.2, 0) is 11.3 Å². The number of ether oxygens (including phenoxy) is 1. The molecule has 0 saturated heterocycles. The van der Waals surface area contributed by atoms with Crippen molar-refractivity contribution in [3.8, 4) is 0 Å². The van der Waals surface area contributed by atoms with Gasteiger partial charge in [0, 0.05) is 5.02 Å². The lowest BCUT2D eigenvalue weighted by Crippen LogP contribution is -2.18. The average Bonchev–Trinajstić information content (AvgIpc) is 2.38. The van der Waals surface area contributed by atoms with Gasteiger partial charge < -0.3 is 10.1 Å². The Morgan fingerprint density at radius 3 is 2.61 bits per heavy atom. The van der Waals surface area contributed by atoms with E-state index < -0.39 is 0 Å². The third-order valence-electron chi connectivity index (χ3n) is 2.84. The van der Waals surface area contributed by atoms with Crippen molar-refractivity contribution in [2.75, 3.05) is 13.1 Å². The second-order valence-electron chi connectivity index (χ2n) is 4.64. The molecule has 1 unspecified atom stereocenters. The third kappa shape index (κ3) is 7.00. The molecule has 2 nitrogen and oxygen atoms in total. The van der Waals surface area contributed by atoms with Gasteiger partial charge in [-0.2, -0.15) is 0 Å². The lowest BCUT2D eigenvalue weighted by atomic mass is 10.2. The van der Waals surface area contributed by atoms with Crippen molar-refractivity contribution in [2.45, 2.75) is 45.8 Å². The quantitative estimate of drug-likeness (QED) is 0.684. The van der Waals surface area contributed by atoms with Gasteiger partial charge in [0.05, 0.1) is 12.7 Å². The molecule has 0 aliphatic rings. The highest BCUT2D eigenvalue weighted by Gasteiger charge is 2.02. The Morgan fingerprint density at radius 2 is 1.94 bits per heavy atom. The topological polar surface area (TPSA) is 21.3 Å². The molecule has 18 heavy (non-hydrogen) atoms. The minimum atomic E-state index is 0.309. The maximum Gasteiger partial charge on any atom is 0.0720 e. The summed E-state index contributed by atoms with van der Waals surface area (Å²) in [6, 6.07) is 7.83. The number of rotatable bonds is 9. The van der Waals surface area contributed by atoms with Crippen LogP contribution in [0.15, 0.2) is 24.3 Å². The van der Waals surface area contributed by atoms with Crippen LogP contribution in [0.4, 0.5) is 0 Å². The number of benzene rings is 1. The third-order valence-corrected chi connectivity index (χ3v) is 3.09. The van der Waals surface area contributed by atoms with Gasteiger partial charge in [-0.05, 0) is 57.0 Å². The van der Waals surface area contributed by atoms with Crippen molar-refractivity contribution in [2.24, 2.45) is 0 Å². The van der Waals surface area contributed by atoms with E-state index in [1.165, 1.54) is 18.4 Å². The van der Waals surface area contributed by atoms with Crippen LogP contribution >= 0.6 is 11.6 Å². The van der Waals surface area contributed by atoms with Gasteiger partial charge in [0.25, 0.3) is 0 Å². The van der Waals surface area contributed by atoms with Crippen molar-refractivity contribution < 1.29 is 4.74 Å². The molecule has 0 aliphatic heterocycles. The lowest BCUT2D eigenvalue weighted by Gasteiger charge is -2.13. The Bertz CT molecular complexity index is 313. The Labute approximate surface area is 116 Å². The molecule has 1 aromatic carbocycles. The fourth-order valence-electron chi connectivity index (χ4n) is 1.72. The molecule has 102 valence electrons. The molecule has 0 fully saturated rings. The lowest BCUT2D eigenvalue weighted by molar-refractivity contribution is 0.0464. The molecule has 0 saturated carbocycles. The second-order valence-corrected chi connectivity index (χ2v) is 5.08. The maximum atomic E-state index is 5.84. The van der Waals surface area contributed by atoms with Gasteiger partial charge in [0.2, 0.25) is 0 Å². The fraction of sp³-hybridized carbons (Fsp3) is 0.600. The van der Waals surface area contributed by atoms with Gasteiger partial charge in [-0.25, -0.2) is 0 Å². The summed E-state index contributed by atoms with van der Waals surface area (Å²) in [5.41, 5.74) is 1.18. The summed E-state index contributed by atoms with van der Waals surface area (Å²) in [7, 11) is 0. The highest BCUT2D eigenvalue weighted by molar-refractivity contribution is 6.30. The summed E-state index contributed by atoms with van der Waals surface area (Å²) < 4.78 is 5.80. The SMILES string of the molecule is CCCNCCCC(C)OCc1ccc(Cl)cc1. The first kappa shape index (κ1) is 15.5. The Balaban J connectivity index is 2.09. The van der Waals surface area contributed by atoms with Crippen LogP contribution in [0.2, 0.25) is 5.02 Å². The van der Waals surface area contributed by atoms with E-state index in [4.69, 9.17) is 16.3 Å². The minimum absolute atomic E-state index is 0.309. The summed E-state index contributed by atoms with van der Waals surface area (Å²) in [4.78, 5) is 0. The molecule has 3 heteroatoms. The molecule has 0 aliphatic carbocycles. The number of hydrogen-bond acceptors (Lipinski definition) is 2. The summed E-state index contributed by atoms with van der Waals surface area (Å²) >= 11 is 5.84. The highest BCUT2D eigenvalue weighted by atomic mass is 35.5. The van der Waals surface area contributed by atoms with Gasteiger partial charge in [-0.1, -0.05) is 30.7 Å². The molecule has 0 bridgehead atoms. The molecular formula is C15H24ClNO. The number of halogens is 1. The molecule has 1 N–H and O–H groups in total. The molecular weight excluding hydrogens is 246 g/mol. The Kier molecular flexibility index (Phi) is 8.06. The highest BCUT2D eigenvalue weighted by Crippen LogP contribution is 2.12. The first-order chi connectivity index (χ1) is 8.72. The molecule has 1 rings (SSSR count). The largest absolute Gasteiger partial charge is 0.374 e. The molecule has 0 amide bonds. The van der Waals surface area contributed by atoms with Gasteiger partial charge in [-0.3, -0.25) is 0 Å². The van der Waals surface area contributed by atoms with Crippen LogP contribution in [0.3, 0.4) is 0 Å². The van der Waals surface area contributed by atoms with E-state index in [-0.39, 0.29) is 0 Å². The number of hydrogen-bond donors (Lipinski definition) is 1. The molecule has 0 spiro atoms. The normalized spacial score (nSPS) is 12.6. The summed E-state index contributed by atoms with van der Waals surface area (Å²) in [6.07, 6.45) is 3.78. The smallest absolute Gasteiger partial charge is 0.0720 e. The van der Waals surface area contributed by atoms with E-state index >= 15 is 0 Å². The van der Waals surface area contributed by atoms with Crippen molar-refractivity contribution >= 4 is 11.6 Å². The van der Waals surface area contributed by atoms with E-state index in [2.05, 4.69) is 19.2 Å². The van der Waals surface area contributed by atoms with Crippen LogP contribution in [0.25, 0.3) is 0 Å². The predicted molar refractivity (Wildman–Crippen MR) is 78.1 cm³/mol. The summed E-state index contributed by atoms with van der Waals surface area (Å²) in [6.45, 7) is 7.18. The minimum Gasteiger partial charge on any atom is -0.374 e. The summed E-state index contributed by atoms with van der Waals surface area (Å²) in [5.74, 6) is 0. The molecule has 0 heterocycles. The molecule has 1 atom stereocenters. The Hall–Kier alpha value is -0.570. The second kappa shape index (κ2) is 9.37.